The van der Waals surface area contributed by atoms with Gasteiger partial charge in [-0.15, -0.1) is 0 Å². The lowest BCUT2D eigenvalue weighted by molar-refractivity contribution is -0.127. The van der Waals surface area contributed by atoms with Crippen LogP contribution < -0.4 is 0 Å². The van der Waals surface area contributed by atoms with Gasteiger partial charge in [0.15, 0.2) is 0 Å². The normalized spacial score (nSPS) is 15.9. The van der Waals surface area contributed by atoms with Crippen molar-refractivity contribution in [1.82, 2.24) is 4.90 Å². The molecule has 1 amide bonds. The second-order valence-electron chi connectivity index (χ2n) is 4.68. The molecule has 0 atom stereocenters. The zero-order valence-electron chi connectivity index (χ0n) is 11.3. The van der Waals surface area contributed by atoms with E-state index in [4.69, 9.17) is 0 Å². The second-order valence-corrected chi connectivity index (χ2v) is 4.68. The fraction of sp³-hybridized carbons (Fsp3) is 0.176. The SMILES string of the molecule is CN(C)C(=O)C/C(=C1\C=CC=C[CH+]1)c1ccccc1. The Morgan fingerprint density at radius 3 is 2.47 bits per heavy atom. The highest BCUT2D eigenvalue weighted by atomic mass is 16.2. The summed E-state index contributed by atoms with van der Waals surface area (Å²) in [6, 6.07) is 10.1. The number of amides is 1. The molecular formula is C17H18NO+. The second kappa shape index (κ2) is 6.10. The van der Waals surface area contributed by atoms with Crippen LogP contribution in [0.25, 0.3) is 5.57 Å². The van der Waals surface area contributed by atoms with E-state index in [1.54, 1.807) is 19.0 Å². The van der Waals surface area contributed by atoms with Gasteiger partial charge in [0.1, 0.15) is 5.57 Å². The summed E-state index contributed by atoms with van der Waals surface area (Å²) in [5.74, 6) is 0.114. The van der Waals surface area contributed by atoms with Crippen LogP contribution in [0.4, 0.5) is 0 Å². The topological polar surface area (TPSA) is 20.3 Å². The van der Waals surface area contributed by atoms with Gasteiger partial charge < -0.3 is 4.90 Å². The van der Waals surface area contributed by atoms with Crippen LogP contribution in [0.15, 0.2) is 60.2 Å². The molecule has 0 heterocycles. The number of hydrogen-bond donors (Lipinski definition) is 0. The van der Waals surface area contributed by atoms with Crippen LogP contribution >= 0.6 is 0 Å². The molecule has 96 valence electrons. The number of carbonyl (C=O) groups is 1. The average Bonchev–Trinajstić information content (AvgIpc) is 2.46. The molecule has 0 aromatic heterocycles. The highest BCUT2D eigenvalue weighted by Gasteiger charge is 2.19. The van der Waals surface area contributed by atoms with Gasteiger partial charge >= 0.3 is 0 Å². The first-order valence-corrected chi connectivity index (χ1v) is 6.35. The molecule has 0 fully saturated rings. The van der Waals surface area contributed by atoms with Crippen molar-refractivity contribution in [1.29, 1.82) is 0 Å². The van der Waals surface area contributed by atoms with E-state index in [1.165, 1.54) is 0 Å². The number of allylic oxidation sites excluding steroid dienone is 5. The number of carbonyl (C=O) groups excluding carboxylic acids is 1. The van der Waals surface area contributed by atoms with Gasteiger partial charge in [-0.25, -0.2) is 0 Å². The van der Waals surface area contributed by atoms with E-state index in [9.17, 15) is 4.79 Å². The first-order chi connectivity index (χ1) is 9.18. The van der Waals surface area contributed by atoms with Crippen molar-refractivity contribution in [3.63, 3.8) is 0 Å². The van der Waals surface area contributed by atoms with Gasteiger partial charge in [-0.05, 0) is 12.1 Å². The average molecular weight is 252 g/mol. The Kier molecular flexibility index (Phi) is 4.24. The Morgan fingerprint density at radius 2 is 1.89 bits per heavy atom. The molecule has 19 heavy (non-hydrogen) atoms. The van der Waals surface area contributed by atoms with E-state index in [-0.39, 0.29) is 5.91 Å². The maximum atomic E-state index is 12.0. The predicted octanol–water partition coefficient (Wildman–Crippen LogP) is 3.25. The van der Waals surface area contributed by atoms with Crippen molar-refractivity contribution in [2.75, 3.05) is 14.1 Å². The van der Waals surface area contributed by atoms with Crippen LogP contribution in [-0.2, 0) is 4.79 Å². The fourth-order valence-corrected chi connectivity index (χ4v) is 1.96. The molecule has 0 saturated carbocycles. The van der Waals surface area contributed by atoms with Crippen molar-refractivity contribution in [3.05, 3.63) is 72.2 Å². The third-order valence-corrected chi connectivity index (χ3v) is 3.07. The Hall–Kier alpha value is -2.22. The van der Waals surface area contributed by atoms with Gasteiger partial charge in [0.2, 0.25) is 5.91 Å². The van der Waals surface area contributed by atoms with Gasteiger partial charge in [-0.2, -0.15) is 0 Å². The largest absolute Gasteiger partial charge is 0.348 e. The predicted molar refractivity (Wildman–Crippen MR) is 79.3 cm³/mol. The summed E-state index contributed by atoms with van der Waals surface area (Å²) in [5, 5.41) is 0. The summed E-state index contributed by atoms with van der Waals surface area (Å²) in [6.07, 6.45) is 10.5. The molecule has 1 aromatic carbocycles. The summed E-state index contributed by atoms with van der Waals surface area (Å²) in [5.41, 5.74) is 3.27. The van der Waals surface area contributed by atoms with E-state index in [2.05, 4.69) is 0 Å². The molecule has 0 spiro atoms. The van der Waals surface area contributed by atoms with Crippen LogP contribution in [0.5, 0.6) is 0 Å². The zero-order chi connectivity index (χ0) is 13.7. The Labute approximate surface area is 114 Å². The van der Waals surface area contributed by atoms with Crippen LogP contribution in [0.2, 0.25) is 0 Å². The quantitative estimate of drug-likeness (QED) is 0.756. The molecule has 1 aromatic rings. The molecule has 0 bridgehead atoms. The Morgan fingerprint density at radius 1 is 1.16 bits per heavy atom. The molecule has 0 N–H and O–H groups in total. The minimum atomic E-state index is 0.114. The standard InChI is InChI=1S/C17H18NO/c1-18(2)17(19)13-16(14-9-5-3-6-10-14)15-11-7-4-8-12-15/h3-12H,13H2,1-2H3/q+1. The molecule has 1 aliphatic rings. The lowest BCUT2D eigenvalue weighted by Gasteiger charge is -2.12. The Balaban J connectivity index is 2.37. The van der Waals surface area contributed by atoms with Crippen molar-refractivity contribution in [2.24, 2.45) is 0 Å². The van der Waals surface area contributed by atoms with Crippen molar-refractivity contribution in [3.8, 4) is 0 Å². The number of nitrogens with zero attached hydrogens (tertiary/aromatic N) is 1. The van der Waals surface area contributed by atoms with Gasteiger partial charge in [0, 0.05) is 50.4 Å². The summed E-state index contributed by atoms with van der Waals surface area (Å²) < 4.78 is 0. The van der Waals surface area contributed by atoms with E-state index in [1.807, 2.05) is 61.1 Å². The van der Waals surface area contributed by atoms with Gasteiger partial charge in [0.05, 0.1) is 12.0 Å². The zero-order valence-corrected chi connectivity index (χ0v) is 11.3. The molecule has 0 aliphatic heterocycles. The number of hydrogen-bond acceptors (Lipinski definition) is 1. The summed E-state index contributed by atoms with van der Waals surface area (Å²) in [6.45, 7) is 0. The third kappa shape index (κ3) is 3.38. The highest BCUT2D eigenvalue weighted by molar-refractivity contribution is 5.91. The molecule has 2 nitrogen and oxygen atoms in total. The molecule has 2 heteroatoms. The van der Waals surface area contributed by atoms with Crippen molar-refractivity contribution in [2.45, 2.75) is 6.42 Å². The minimum Gasteiger partial charge on any atom is -0.348 e. The first kappa shape index (κ1) is 13.2. The van der Waals surface area contributed by atoms with Gasteiger partial charge in [0.25, 0.3) is 0 Å². The third-order valence-electron chi connectivity index (χ3n) is 3.07. The molecule has 0 radical (unpaired) electrons. The molecule has 0 saturated heterocycles. The maximum absolute atomic E-state index is 12.0. The lowest BCUT2D eigenvalue weighted by Crippen LogP contribution is -2.22. The van der Waals surface area contributed by atoms with E-state index in [0.717, 1.165) is 16.7 Å². The molecule has 2 rings (SSSR count). The maximum Gasteiger partial charge on any atom is 0.236 e. The van der Waals surface area contributed by atoms with E-state index < -0.39 is 0 Å². The summed E-state index contributed by atoms with van der Waals surface area (Å²) in [4.78, 5) is 13.6. The molecular weight excluding hydrogens is 234 g/mol. The molecule has 1 aliphatic carbocycles. The smallest absolute Gasteiger partial charge is 0.236 e. The highest BCUT2D eigenvalue weighted by Crippen LogP contribution is 2.27. The summed E-state index contributed by atoms with van der Waals surface area (Å²) >= 11 is 0. The molecule has 0 unspecified atom stereocenters. The minimum absolute atomic E-state index is 0.114. The summed E-state index contributed by atoms with van der Waals surface area (Å²) in [7, 11) is 3.58. The van der Waals surface area contributed by atoms with Crippen LogP contribution in [0.1, 0.15) is 12.0 Å². The first-order valence-electron chi connectivity index (χ1n) is 6.35. The Bertz CT molecular complexity index is 536. The monoisotopic (exact) mass is 252 g/mol. The van der Waals surface area contributed by atoms with Crippen LogP contribution in [0, 0.1) is 6.42 Å². The van der Waals surface area contributed by atoms with Gasteiger partial charge in [-0.1, -0.05) is 18.2 Å². The van der Waals surface area contributed by atoms with E-state index >= 15 is 0 Å². The van der Waals surface area contributed by atoms with E-state index in [0.29, 0.717) is 6.42 Å². The number of benzene rings is 1. The lowest BCUT2D eigenvalue weighted by atomic mass is 9.93. The van der Waals surface area contributed by atoms with Crippen LogP contribution in [-0.4, -0.2) is 24.9 Å². The van der Waals surface area contributed by atoms with Gasteiger partial charge in [-0.3, -0.25) is 4.79 Å². The van der Waals surface area contributed by atoms with Crippen molar-refractivity contribution < 1.29 is 4.79 Å². The van der Waals surface area contributed by atoms with Crippen LogP contribution in [0.3, 0.4) is 0 Å². The van der Waals surface area contributed by atoms with Crippen molar-refractivity contribution >= 4 is 11.5 Å². The number of rotatable bonds is 3. The fourth-order valence-electron chi connectivity index (χ4n) is 1.96.